The van der Waals surface area contributed by atoms with Crippen LogP contribution < -0.4 is 0 Å². The Morgan fingerprint density at radius 3 is 2.30 bits per heavy atom. The van der Waals surface area contributed by atoms with Crippen molar-refractivity contribution in [1.29, 1.82) is 0 Å². The third-order valence-electron chi connectivity index (χ3n) is 5.97. The van der Waals surface area contributed by atoms with Crippen LogP contribution in [0.1, 0.15) is 33.1 Å². The van der Waals surface area contributed by atoms with Gasteiger partial charge in [-0.1, -0.05) is 0 Å². The Morgan fingerprint density at radius 2 is 1.70 bits per heavy atom. The molecule has 0 heterocycles. The number of hydrogen-bond acceptors (Lipinski definition) is 5. The lowest BCUT2D eigenvalue weighted by Gasteiger charge is -2.35. The van der Waals surface area contributed by atoms with Crippen molar-refractivity contribution in [3.8, 4) is 0 Å². The van der Waals surface area contributed by atoms with Crippen molar-refractivity contribution in [3.05, 3.63) is 0 Å². The largest absolute Gasteiger partial charge is 0.422 e. The molecule has 0 amide bonds. The lowest BCUT2D eigenvalue weighted by Crippen LogP contribution is -2.46. The average Bonchev–Trinajstić information content (AvgIpc) is 2.92. The maximum atomic E-state index is 12.3. The molecule has 108 valence electrons. The van der Waals surface area contributed by atoms with Gasteiger partial charge >= 0.3 is 11.9 Å². The summed E-state index contributed by atoms with van der Waals surface area (Å²) in [4.78, 5) is 35.2. The number of ether oxygens (including phenoxy) is 2. The first kappa shape index (κ1) is 12.4. The molecule has 4 rings (SSSR count). The van der Waals surface area contributed by atoms with E-state index in [1.807, 2.05) is 0 Å². The topological polar surface area (TPSA) is 69.7 Å². The van der Waals surface area contributed by atoms with Gasteiger partial charge < -0.3 is 9.47 Å². The van der Waals surface area contributed by atoms with E-state index >= 15 is 0 Å². The molecule has 0 aliphatic heterocycles. The van der Waals surface area contributed by atoms with Crippen LogP contribution in [0.15, 0.2) is 0 Å². The van der Waals surface area contributed by atoms with Crippen molar-refractivity contribution in [1.82, 2.24) is 0 Å². The summed E-state index contributed by atoms with van der Waals surface area (Å²) < 4.78 is 11.0. The molecular weight excluding hydrogens is 260 g/mol. The highest BCUT2D eigenvalue weighted by Crippen LogP contribution is 2.72. The Labute approximate surface area is 117 Å². The summed E-state index contributed by atoms with van der Waals surface area (Å²) in [6, 6.07) is 0. The maximum Gasteiger partial charge on any atom is 0.305 e. The third-order valence-corrected chi connectivity index (χ3v) is 5.97. The number of rotatable bonds is 2. The molecule has 4 aliphatic rings. The molecule has 0 spiro atoms. The van der Waals surface area contributed by atoms with E-state index in [9.17, 15) is 14.4 Å². The van der Waals surface area contributed by atoms with Gasteiger partial charge in [-0.05, 0) is 30.1 Å². The predicted molar refractivity (Wildman–Crippen MR) is 66.1 cm³/mol. The number of carbonyl (C=O) groups is 3. The van der Waals surface area contributed by atoms with Crippen LogP contribution in [0.5, 0.6) is 0 Å². The molecule has 4 fully saturated rings. The van der Waals surface area contributed by atoms with Gasteiger partial charge in [0.25, 0.3) is 5.79 Å². The number of esters is 2. The quantitative estimate of drug-likeness (QED) is 0.562. The van der Waals surface area contributed by atoms with Gasteiger partial charge in [-0.3, -0.25) is 14.4 Å². The summed E-state index contributed by atoms with van der Waals surface area (Å²) in [5.74, 6) is -0.392. The van der Waals surface area contributed by atoms with Crippen LogP contribution in [0.4, 0.5) is 0 Å². The Kier molecular flexibility index (Phi) is 2.24. The average molecular weight is 278 g/mol. The highest BCUT2D eigenvalue weighted by molar-refractivity contribution is 5.86. The minimum absolute atomic E-state index is 0.0672. The molecule has 0 unspecified atom stereocenters. The van der Waals surface area contributed by atoms with Gasteiger partial charge in [-0.25, -0.2) is 0 Å². The van der Waals surface area contributed by atoms with E-state index in [4.69, 9.17) is 9.47 Å². The van der Waals surface area contributed by atoms with Gasteiger partial charge in [0.1, 0.15) is 5.78 Å². The summed E-state index contributed by atoms with van der Waals surface area (Å²) in [5.41, 5.74) is 0. The first-order valence-electron chi connectivity index (χ1n) is 7.35. The summed E-state index contributed by atoms with van der Waals surface area (Å²) in [6.07, 6.45) is 2.27. The van der Waals surface area contributed by atoms with Crippen LogP contribution in [-0.4, -0.2) is 23.5 Å². The van der Waals surface area contributed by atoms with Crippen molar-refractivity contribution < 1.29 is 23.9 Å². The van der Waals surface area contributed by atoms with E-state index in [1.54, 1.807) is 0 Å². The predicted octanol–water partition coefficient (Wildman–Crippen LogP) is 1.30. The van der Waals surface area contributed by atoms with Gasteiger partial charge in [0.15, 0.2) is 0 Å². The van der Waals surface area contributed by atoms with E-state index in [2.05, 4.69) is 0 Å². The van der Waals surface area contributed by atoms with E-state index in [1.165, 1.54) is 13.8 Å². The number of ketones is 1. The molecule has 2 bridgehead atoms. The Morgan fingerprint density at radius 1 is 1.05 bits per heavy atom. The maximum absolute atomic E-state index is 12.3. The van der Waals surface area contributed by atoms with Gasteiger partial charge in [0.2, 0.25) is 0 Å². The summed E-state index contributed by atoms with van der Waals surface area (Å²) in [7, 11) is 0. The number of Topliss-reactive ketones (excluding diaryl/α,β-unsaturated/α-hetero) is 1. The molecule has 0 aromatic heterocycles. The summed E-state index contributed by atoms with van der Waals surface area (Å²) in [6.45, 7) is 2.66. The molecule has 0 aromatic rings. The van der Waals surface area contributed by atoms with Crippen LogP contribution in [-0.2, 0) is 23.9 Å². The van der Waals surface area contributed by atoms with E-state index in [-0.39, 0.29) is 17.6 Å². The standard InChI is InChI=1S/C15H18O5/c1-6(16)19-15(20-7(2)17)5-11-8-4-12(18)13-9(8)3-10(11)14(13)15/h8-11,13-14H,3-5H2,1-2H3/t8-,9-,10+,11-,13-,14+/m0/s1. The van der Waals surface area contributed by atoms with Gasteiger partial charge in [-0.15, -0.1) is 0 Å². The van der Waals surface area contributed by atoms with Gasteiger partial charge in [0.05, 0.1) is 0 Å². The normalized spacial score (nSPS) is 45.8. The van der Waals surface area contributed by atoms with E-state index in [0.29, 0.717) is 36.5 Å². The van der Waals surface area contributed by atoms with E-state index < -0.39 is 17.7 Å². The smallest absolute Gasteiger partial charge is 0.305 e. The zero-order chi connectivity index (χ0) is 14.2. The van der Waals surface area contributed by atoms with Crippen LogP contribution in [0.3, 0.4) is 0 Å². The molecule has 0 radical (unpaired) electrons. The highest BCUT2D eigenvalue weighted by atomic mass is 16.7. The highest BCUT2D eigenvalue weighted by Gasteiger charge is 2.76. The first-order valence-corrected chi connectivity index (χ1v) is 7.35. The Bertz CT molecular complexity index is 508. The number of fused-ring (bicyclic) bond motifs is 2. The van der Waals surface area contributed by atoms with Gasteiger partial charge in [-0.2, -0.15) is 0 Å². The summed E-state index contributed by atoms with van der Waals surface area (Å²) >= 11 is 0. The minimum atomic E-state index is -1.18. The fourth-order valence-electron chi connectivity index (χ4n) is 5.86. The van der Waals surface area contributed by atoms with Crippen LogP contribution >= 0.6 is 0 Å². The number of carbonyl (C=O) groups excluding carboxylic acids is 3. The SMILES string of the molecule is CC(=O)OC1(OC(C)=O)C[C@H]2[C@H]3CC(=O)[C@@H]4[C@H]3C[C@H]2[C@H]41. The van der Waals surface area contributed by atoms with Crippen LogP contribution in [0.2, 0.25) is 0 Å². The van der Waals surface area contributed by atoms with E-state index in [0.717, 1.165) is 6.42 Å². The van der Waals surface area contributed by atoms with Crippen LogP contribution in [0.25, 0.3) is 0 Å². The molecule has 0 N–H and O–H groups in total. The van der Waals surface area contributed by atoms with Crippen molar-refractivity contribution in [2.24, 2.45) is 35.5 Å². The molecule has 0 saturated heterocycles. The lowest BCUT2D eigenvalue weighted by atomic mass is 9.79. The van der Waals surface area contributed by atoms with Crippen molar-refractivity contribution in [2.45, 2.75) is 38.9 Å². The number of hydrogen-bond donors (Lipinski definition) is 0. The molecule has 4 saturated carbocycles. The van der Waals surface area contributed by atoms with Crippen LogP contribution in [0, 0.1) is 35.5 Å². The molecule has 6 atom stereocenters. The zero-order valence-corrected chi connectivity index (χ0v) is 11.6. The molecule has 4 aliphatic carbocycles. The minimum Gasteiger partial charge on any atom is -0.422 e. The second-order valence-corrected chi connectivity index (χ2v) is 6.82. The Balaban J connectivity index is 1.77. The molecule has 20 heavy (non-hydrogen) atoms. The molecule has 5 heteroatoms. The molecular formula is C15H18O5. The first-order chi connectivity index (χ1) is 9.43. The lowest BCUT2D eigenvalue weighted by molar-refractivity contribution is -0.244. The van der Waals surface area contributed by atoms with Gasteiger partial charge in [0, 0.05) is 38.5 Å². The van der Waals surface area contributed by atoms with Crippen molar-refractivity contribution in [3.63, 3.8) is 0 Å². The fraction of sp³-hybridized carbons (Fsp3) is 0.800. The molecule has 5 nitrogen and oxygen atoms in total. The zero-order valence-electron chi connectivity index (χ0n) is 11.6. The van der Waals surface area contributed by atoms with Crippen molar-refractivity contribution in [2.75, 3.05) is 0 Å². The second-order valence-electron chi connectivity index (χ2n) is 6.82. The third kappa shape index (κ3) is 1.31. The van der Waals surface area contributed by atoms with Crippen molar-refractivity contribution >= 4 is 17.7 Å². The monoisotopic (exact) mass is 278 g/mol. The fourth-order valence-corrected chi connectivity index (χ4v) is 5.86. The molecule has 0 aromatic carbocycles. The Hall–Kier alpha value is -1.39. The summed E-state index contributed by atoms with van der Waals surface area (Å²) in [5, 5.41) is 0. The second kappa shape index (κ2) is 3.62.